The van der Waals surface area contributed by atoms with Crippen LogP contribution in [0.3, 0.4) is 0 Å². The van der Waals surface area contributed by atoms with Crippen LogP contribution in [0.1, 0.15) is 6.92 Å². The molecule has 3 heteroatoms. The van der Waals surface area contributed by atoms with Crippen molar-refractivity contribution in [1.29, 1.82) is 5.26 Å². The average molecular weight is 266 g/mol. The van der Waals surface area contributed by atoms with Crippen LogP contribution in [-0.4, -0.2) is 13.6 Å². The summed E-state index contributed by atoms with van der Waals surface area (Å²) in [6.07, 6.45) is 0. The Morgan fingerprint density at radius 3 is 2.25 bits per heavy atom. The smallest absolute Gasteiger partial charge is 0.127 e. The molecule has 1 unspecified atom stereocenters. The zero-order valence-electron chi connectivity index (χ0n) is 11.8. The van der Waals surface area contributed by atoms with Crippen molar-refractivity contribution in [2.24, 2.45) is 5.92 Å². The number of para-hydroxylation sites is 1. The molecule has 0 spiro atoms. The van der Waals surface area contributed by atoms with Crippen molar-refractivity contribution in [3.63, 3.8) is 0 Å². The Bertz CT molecular complexity index is 572. The lowest BCUT2D eigenvalue weighted by atomic mass is 10.2. The van der Waals surface area contributed by atoms with Gasteiger partial charge in [0.15, 0.2) is 0 Å². The van der Waals surface area contributed by atoms with E-state index in [9.17, 15) is 0 Å². The van der Waals surface area contributed by atoms with Gasteiger partial charge in [-0.25, -0.2) is 0 Å². The van der Waals surface area contributed by atoms with Gasteiger partial charge in [0.25, 0.3) is 0 Å². The van der Waals surface area contributed by atoms with Gasteiger partial charge in [-0.2, -0.15) is 5.26 Å². The number of rotatable bonds is 5. The summed E-state index contributed by atoms with van der Waals surface area (Å²) in [6.45, 7) is 2.64. The summed E-state index contributed by atoms with van der Waals surface area (Å²) in [6, 6.07) is 19.8. The maximum absolute atomic E-state index is 8.84. The van der Waals surface area contributed by atoms with Crippen molar-refractivity contribution >= 4 is 5.69 Å². The second kappa shape index (κ2) is 6.63. The lowest BCUT2D eigenvalue weighted by Gasteiger charge is -2.20. The molecule has 0 heterocycles. The van der Waals surface area contributed by atoms with E-state index in [0.29, 0.717) is 0 Å². The van der Waals surface area contributed by atoms with Crippen LogP contribution in [-0.2, 0) is 0 Å². The third kappa shape index (κ3) is 3.76. The highest BCUT2D eigenvalue weighted by atomic mass is 16.5. The van der Waals surface area contributed by atoms with Gasteiger partial charge in [0.2, 0.25) is 0 Å². The summed E-state index contributed by atoms with van der Waals surface area (Å²) >= 11 is 0. The van der Waals surface area contributed by atoms with Gasteiger partial charge >= 0.3 is 0 Å². The predicted octanol–water partition coefficient (Wildman–Crippen LogP) is 4.07. The van der Waals surface area contributed by atoms with Crippen molar-refractivity contribution < 1.29 is 4.74 Å². The molecule has 0 bridgehead atoms. The Morgan fingerprint density at radius 1 is 1.05 bits per heavy atom. The zero-order valence-corrected chi connectivity index (χ0v) is 11.8. The monoisotopic (exact) mass is 266 g/mol. The van der Waals surface area contributed by atoms with Gasteiger partial charge < -0.3 is 9.64 Å². The maximum Gasteiger partial charge on any atom is 0.127 e. The summed E-state index contributed by atoms with van der Waals surface area (Å²) in [5.74, 6) is 1.65. The van der Waals surface area contributed by atoms with Crippen molar-refractivity contribution in [2.75, 3.05) is 18.5 Å². The molecular formula is C17H18N2O. The first-order chi connectivity index (χ1) is 9.69. The van der Waals surface area contributed by atoms with E-state index in [0.717, 1.165) is 23.7 Å². The number of benzene rings is 2. The molecule has 2 aromatic carbocycles. The number of hydrogen-bond acceptors (Lipinski definition) is 3. The van der Waals surface area contributed by atoms with Gasteiger partial charge in [0.1, 0.15) is 11.5 Å². The molecule has 2 aromatic rings. The second-order valence-electron chi connectivity index (χ2n) is 4.82. The summed E-state index contributed by atoms with van der Waals surface area (Å²) in [7, 11) is 1.99. The highest BCUT2D eigenvalue weighted by Crippen LogP contribution is 2.24. The fraction of sp³-hybridized carbons (Fsp3) is 0.235. The van der Waals surface area contributed by atoms with Crippen molar-refractivity contribution in [3.05, 3.63) is 54.6 Å². The zero-order chi connectivity index (χ0) is 14.4. The summed E-state index contributed by atoms with van der Waals surface area (Å²) in [5.41, 5.74) is 1.08. The number of nitriles is 1. The van der Waals surface area contributed by atoms with E-state index >= 15 is 0 Å². The minimum Gasteiger partial charge on any atom is -0.457 e. The average Bonchev–Trinajstić information content (AvgIpc) is 2.49. The molecule has 0 N–H and O–H groups in total. The Labute approximate surface area is 120 Å². The van der Waals surface area contributed by atoms with E-state index in [2.05, 4.69) is 11.0 Å². The van der Waals surface area contributed by atoms with E-state index < -0.39 is 0 Å². The molecule has 2 rings (SSSR count). The van der Waals surface area contributed by atoms with E-state index in [-0.39, 0.29) is 5.92 Å². The number of anilines is 1. The molecule has 0 aliphatic carbocycles. The molecule has 0 aliphatic rings. The molecule has 0 aromatic heterocycles. The molecule has 102 valence electrons. The van der Waals surface area contributed by atoms with Gasteiger partial charge in [-0.05, 0) is 43.3 Å². The molecule has 3 nitrogen and oxygen atoms in total. The molecule has 1 atom stereocenters. The molecular weight excluding hydrogens is 248 g/mol. The molecule has 20 heavy (non-hydrogen) atoms. The first-order valence-electron chi connectivity index (χ1n) is 6.63. The summed E-state index contributed by atoms with van der Waals surface area (Å²) < 4.78 is 5.74. The maximum atomic E-state index is 8.84. The van der Waals surface area contributed by atoms with E-state index in [1.807, 2.05) is 68.6 Å². The number of nitrogens with zero attached hydrogens (tertiary/aromatic N) is 2. The predicted molar refractivity (Wildman–Crippen MR) is 81.0 cm³/mol. The Kier molecular flexibility index (Phi) is 4.62. The van der Waals surface area contributed by atoms with Crippen LogP contribution >= 0.6 is 0 Å². The van der Waals surface area contributed by atoms with Gasteiger partial charge in [0.05, 0.1) is 12.0 Å². The minimum atomic E-state index is 0.0141. The second-order valence-corrected chi connectivity index (χ2v) is 4.82. The van der Waals surface area contributed by atoms with Crippen LogP contribution in [0.2, 0.25) is 0 Å². The Hall–Kier alpha value is -2.47. The molecule has 0 fully saturated rings. The van der Waals surface area contributed by atoms with Crippen molar-refractivity contribution in [2.45, 2.75) is 6.92 Å². The lowest BCUT2D eigenvalue weighted by Crippen LogP contribution is -2.22. The van der Waals surface area contributed by atoms with Crippen LogP contribution in [0.5, 0.6) is 11.5 Å². The number of ether oxygens (including phenoxy) is 1. The molecule has 0 radical (unpaired) electrons. The summed E-state index contributed by atoms with van der Waals surface area (Å²) in [5, 5.41) is 8.84. The molecule has 0 aliphatic heterocycles. The number of hydrogen-bond donors (Lipinski definition) is 0. The first kappa shape index (κ1) is 14.0. The topological polar surface area (TPSA) is 36.3 Å². The van der Waals surface area contributed by atoms with Crippen LogP contribution in [0.15, 0.2) is 54.6 Å². The summed E-state index contributed by atoms with van der Waals surface area (Å²) in [4.78, 5) is 2.07. The van der Waals surface area contributed by atoms with Gasteiger partial charge in [-0.1, -0.05) is 18.2 Å². The standard InChI is InChI=1S/C17H18N2O/c1-14(12-18)13-19(2)15-8-10-17(11-9-15)20-16-6-4-3-5-7-16/h3-11,14H,13H2,1-2H3. The fourth-order valence-corrected chi connectivity index (χ4v) is 1.95. The molecule has 0 saturated carbocycles. The van der Waals surface area contributed by atoms with Crippen molar-refractivity contribution in [3.8, 4) is 17.6 Å². The normalized spacial score (nSPS) is 11.4. The Balaban J connectivity index is 2.01. The fourth-order valence-electron chi connectivity index (χ4n) is 1.95. The van der Waals surface area contributed by atoms with Crippen LogP contribution in [0.25, 0.3) is 0 Å². The SMILES string of the molecule is CC(C#N)CN(C)c1ccc(Oc2ccccc2)cc1. The molecule has 0 saturated heterocycles. The third-order valence-electron chi connectivity index (χ3n) is 3.02. The van der Waals surface area contributed by atoms with Crippen LogP contribution < -0.4 is 9.64 Å². The Morgan fingerprint density at radius 2 is 1.65 bits per heavy atom. The van der Waals surface area contributed by atoms with Crippen LogP contribution in [0.4, 0.5) is 5.69 Å². The van der Waals surface area contributed by atoms with Gasteiger partial charge in [-0.15, -0.1) is 0 Å². The quantitative estimate of drug-likeness (QED) is 0.818. The minimum absolute atomic E-state index is 0.0141. The van der Waals surface area contributed by atoms with Gasteiger partial charge in [-0.3, -0.25) is 0 Å². The van der Waals surface area contributed by atoms with E-state index in [1.54, 1.807) is 0 Å². The van der Waals surface area contributed by atoms with Gasteiger partial charge in [0, 0.05) is 19.3 Å². The highest BCUT2D eigenvalue weighted by Gasteiger charge is 2.06. The lowest BCUT2D eigenvalue weighted by molar-refractivity contribution is 0.482. The highest BCUT2D eigenvalue weighted by molar-refractivity contribution is 5.49. The third-order valence-corrected chi connectivity index (χ3v) is 3.02. The van der Waals surface area contributed by atoms with E-state index in [4.69, 9.17) is 10.00 Å². The molecule has 0 amide bonds. The first-order valence-corrected chi connectivity index (χ1v) is 6.63. The van der Waals surface area contributed by atoms with Crippen LogP contribution in [0, 0.1) is 17.2 Å². The largest absolute Gasteiger partial charge is 0.457 e. The van der Waals surface area contributed by atoms with E-state index in [1.165, 1.54) is 0 Å². The van der Waals surface area contributed by atoms with Crippen molar-refractivity contribution in [1.82, 2.24) is 0 Å².